The molecule has 0 fully saturated rings. The van der Waals surface area contributed by atoms with Gasteiger partial charge in [0.2, 0.25) is 0 Å². The van der Waals surface area contributed by atoms with Gasteiger partial charge in [-0.1, -0.05) is 32.6 Å². The molecule has 0 saturated heterocycles. The maximum absolute atomic E-state index is 5.65. The van der Waals surface area contributed by atoms with Crippen LogP contribution in [0.1, 0.15) is 56.1 Å². The fourth-order valence-electron chi connectivity index (χ4n) is 2.01. The molecule has 0 aromatic carbocycles. The maximum Gasteiger partial charge on any atom is 0.130 e. The number of nitrogens with one attached hydrogen (secondary N) is 1. The molecule has 104 valence electrons. The van der Waals surface area contributed by atoms with Crippen LogP contribution in [-0.2, 0) is 17.9 Å². The van der Waals surface area contributed by atoms with Gasteiger partial charge in [0.1, 0.15) is 18.1 Å². The molecule has 1 rings (SSSR count). The quantitative estimate of drug-likeness (QED) is 0.644. The van der Waals surface area contributed by atoms with E-state index in [2.05, 4.69) is 18.3 Å². The summed E-state index contributed by atoms with van der Waals surface area (Å²) in [6.45, 7) is 6.52. The van der Waals surface area contributed by atoms with Gasteiger partial charge in [-0.3, -0.25) is 0 Å². The maximum atomic E-state index is 5.65. The number of furan rings is 1. The van der Waals surface area contributed by atoms with Gasteiger partial charge in [-0.2, -0.15) is 0 Å². The molecule has 0 aliphatic rings. The van der Waals surface area contributed by atoms with E-state index in [0.29, 0.717) is 6.61 Å². The van der Waals surface area contributed by atoms with E-state index in [0.717, 1.165) is 31.1 Å². The predicted molar refractivity (Wildman–Crippen MR) is 74.6 cm³/mol. The molecule has 0 aliphatic heterocycles. The first-order valence-corrected chi connectivity index (χ1v) is 7.08. The number of ether oxygens (including phenoxy) is 1. The van der Waals surface area contributed by atoms with Gasteiger partial charge in [-0.15, -0.1) is 0 Å². The molecule has 1 aromatic heterocycles. The van der Waals surface area contributed by atoms with E-state index >= 15 is 0 Å². The predicted octanol–water partition coefficient (Wildman–Crippen LogP) is 3.79. The van der Waals surface area contributed by atoms with Crippen molar-refractivity contribution in [2.24, 2.45) is 0 Å². The first-order chi connectivity index (χ1) is 8.77. The number of unbranched alkanes of at least 4 members (excludes halogenated alkanes) is 4. The van der Waals surface area contributed by atoms with Crippen molar-refractivity contribution < 1.29 is 9.15 Å². The molecule has 0 unspecified atom stereocenters. The van der Waals surface area contributed by atoms with Gasteiger partial charge in [-0.05, 0) is 26.5 Å². The highest BCUT2D eigenvalue weighted by atomic mass is 16.5. The highest BCUT2D eigenvalue weighted by molar-refractivity contribution is 5.20. The monoisotopic (exact) mass is 253 g/mol. The summed E-state index contributed by atoms with van der Waals surface area (Å²) < 4.78 is 11.3. The van der Waals surface area contributed by atoms with Crippen molar-refractivity contribution in [3.05, 3.63) is 23.2 Å². The fourth-order valence-corrected chi connectivity index (χ4v) is 2.01. The Morgan fingerprint density at radius 3 is 2.72 bits per heavy atom. The third kappa shape index (κ3) is 5.69. The summed E-state index contributed by atoms with van der Waals surface area (Å²) in [4.78, 5) is 0. The Balaban J connectivity index is 2.13. The average Bonchev–Trinajstić information content (AvgIpc) is 2.70. The number of hydrogen-bond donors (Lipinski definition) is 1. The molecule has 0 radical (unpaired) electrons. The zero-order valence-electron chi connectivity index (χ0n) is 12.1. The second-order valence-corrected chi connectivity index (χ2v) is 4.79. The summed E-state index contributed by atoms with van der Waals surface area (Å²) in [6.07, 6.45) is 6.39. The van der Waals surface area contributed by atoms with E-state index in [1.165, 1.54) is 31.2 Å². The Bertz CT molecular complexity index is 320. The van der Waals surface area contributed by atoms with Gasteiger partial charge in [0, 0.05) is 18.7 Å². The topological polar surface area (TPSA) is 34.4 Å². The zero-order valence-corrected chi connectivity index (χ0v) is 12.1. The van der Waals surface area contributed by atoms with Gasteiger partial charge in [0.15, 0.2) is 0 Å². The zero-order chi connectivity index (χ0) is 13.2. The Labute approximate surface area is 111 Å². The van der Waals surface area contributed by atoms with Crippen molar-refractivity contribution in [2.75, 3.05) is 13.7 Å². The van der Waals surface area contributed by atoms with E-state index in [1.807, 2.05) is 14.0 Å². The van der Waals surface area contributed by atoms with Crippen molar-refractivity contribution in [3.63, 3.8) is 0 Å². The lowest BCUT2D eigenvalue weighted by molar-refractivity contribution is 0.102. The van der Waals surface area contributed by atoms with Crippen molar-refractivity contribution in [1.82, 2.24) is 5.32 Å². The summed E-state index contributed by atoms with van der Waals surface area (Å²) in [6, 6.07) is 2.09. The number of aryl methyl sites for hydroxylation is 1. The first-order valence-electron chi connectivity index (χ1n) is 7.08. The Morgan fingerprint density at radius 2 is 2.00 bits per heavy atom. The largest absolute Gasteiger partial charge is 0.464 e. The molecule has 0 atom stereocenters. The van der Waals surface area contributed by atoms with Crippen LogP contribution in [0.2, 0.25) is 0 Å². The lowest BCUT2D eigenvalue weighted by Crippen LogP contribution is -2.04. The third-order valence-corrected chi connectivity index (χ3v) is 3.08. The van der Waals surface area contributed by atoms with Crippen molar-refractivity contribution >= 4 is 0 Å². The van der Waals surface area contributed by atoms with E-state index in [9.17, 15) is 0 Å². The number of rotatable bonds is 10. The molecule has 1 aromatic rings. The molecule has 0 aliphatic carbocycles. The van der Waals surface area contributed by atoms with Gasteiger partial charge in [-0.25, -0.2) is 0 Å². The molecule has 0 saturated carbocycles. The molecular weight excluding hydrogens is 226 g/mol. The molecular formula is C15H27NO2. The van der Waals surface area contributed by atoms with Crippen LogP contribution in [0.5, 0.6) is 0 Å². The van der Waals surface area contributed by atoms with Crippen LogP contribution >= 0.6 is 0 Å². The van der Waals surface area contributed by atoms with Gasteiger partial charge in [0.05, 0.1) is 0 Å². The van der Waals surface area contributed by atoms with E-state index < -0.39 is 0 Å². The number of hydrogen-bond acceptors (Lipinski definition) is 3. The molecule has 3 nitrogen and oxygen atoms in total. The summed E-state index contributed by atoms with van der Waals surface area (Å²) in [7, 11) is 1.94. The van der Waals surface area contributed by atoms with Crippen LogP contribution in [0.25, 0.3) is 0 Å². The van der Waals surface area contributed by atoms with Gasteiger partial charge < -0.3 is 14.5 Å². The normalized spacial score (nSPS) is 11.1. The summed E-state index contributed by atoms with van der Waals surface area (Å²) in [5.41, 5.74) is 1.22. The molecule has 1 heterocycles. The molecule has 1 N–H and O–H groups in total. The van der Waals surface area contributed by atoms with Crippen LogP contribution in [0.15, 0.2) is 10.5 Å². The Hall–Kier alpha value is -0.800. The van der Waals surface area contributed by atoms with Crippen molar-refractivity contribution in [3.8, 4) is 0 Å². The second-order valence-electron chi connectivity index (χ2n) is 4.79. The molecule has 0 amide bonds. The molecule has 18 heavy (non-hydrogen) atoms. The van der Waals surface area contributed by atoms with Gasteiger partial charge in [0.25, 0.3) is 0 Å². The summed E-state index contributed by atoms with van der Waals surface area (Å²) in [5, 5.41) is 3.13. The lowest BCUT2D eigenvalue weighted by atomic mass is 10.2. The lowest BCUT2D eigenvalue weighted by Gasteiger charge is -2.01. The standard InChI is InChI=1S/C15H27NO2/c1-4-5-6-7-8-9-17-12-15-10-14(11-16-3)13(2)18-15/h10,16H,4-9,11-12H2,1-3H3. The third-order valence-electron chi connectivity index (χ3n) is 3.08. The van der Waals surface area contributed by atoms with Crippen LogP contribution < -0.4 is 5.32 Å². The minimum Gasteiger partial charge on any atom is -0.464 e. The Kier molecular flexibility index (Phi) is 7.78. The highest BCUT2D eigenvalue weighted by Gasteiger charge is 2.06. The minimum atomic E-state index is 0.596. The fraction of sp³-hybridized carbons (Fsp3) is 0.733. The first kappa shape index (κ1) is 15.3. The van der Waals surface area contributed by atoms with Crippen LogP contribution in [0.4, 0.5) is 0 Å². The summed E-state index contributed by atoms with van der Waals surface area (Å²) in [5.74, 6) is 1.93. The van der Waals surface area contributed by atoms with E-state index in [1.54, 1.807) is 0 Å². The highest BCUT2D eigenvalue weighted by Crippen LogP contribution is 2.15. The SMILES string of the molecule is CCCCCCCOCc1cc(CNC)c(C)o1. The minimum absolute atomic E-state index is 0.596. The summed E-state index contributed by atoms with van der Waals surface area (Å²) >= 11 is 0. The van der Waals surface area contributed by atoms with Crippen LogP contribution in [0, 0.1) is 6.92 Å². The average molecular weight is 253 g/mol. The molecule has 0 spiro atoms. The molecule has 0 bridgehead atoms. The molecule has 3 heteroatoms. The van der Waals surface area contributed by atoms with E-state index in [-0.39, 0.29) is 0 Å². The van der Waals surface area contributed by atoms with Crippen molar-refractivity contribution in [1.29, 1.82) is 0 Å². The van der Waals surface area contributed by atoms with E-state index in [4.69, 9.17) is 9.15 Å². The van der Waals surface area contributed by atoms with Crippen molar-refractivity contribution in [2.45, 2.75) is 59.1 Å². The van der Waals surface area contributed by atoms with Crippen LogP contribution in [-0.4, -0.2) is 13.7 Å². The Morgan fingerprint density at radius 1 is 1.22 bits per heavy atom. The second kappa shape index (κ2) is 9.17. The van der Waals surface area contributed by atoms with Gasteiger partial charge >= 0.3 is 0 Å². The smallest absolute Gasteiger partial charge is 0.130 e. The van der Waals surface area contributed by atoms with Crippen LogP contribution in [0.3, 0.4) is 0 Å².